The maximum absolute atomic E-state index is 11.7. The number of nitrogens with one attached hydrogen (secondary N) is 1. The lowest BCUT2D eigenvalue weighted by atomic mass is 10.1. The van der Waals surface area contributed by atoms with Gasteiger partial charge in [0.15, 0.2) is 0 Å². The van der Waals surface area contributed by atoms with Crippen molar-refractivity contribution in [2.24, 2.45) is 0 Å². The van der Waals surface area contributed by atoms with Gasteiger partial charge in [-0.1, -0.05) is 6.07 Å². The molecular formula is C15H21ClN4O2. The minimum Gasteiger partial charge on any atom is -0.314 e. The predicted molar refractivity (Wildman–Crippen MR) is 84.6 cm³/mol. The van der Waals surface area contributed by atoms with Crippen molar-refractivity contribution in [3.63, 3.8) is 0 Å². The Kier molecular flexibility index (Phi) is 5.88. The Bertz CT molecular complexity index is 510. The van der Waals surface area contributed by atoms with Crippen molar-refractivity contribution in [2.45, 2.75) is 18.9 Å². The minimum absolute atomic E-state index is 0. The lowest BCUT2D eigenvalue weighted by molar-refractivity contribution is -0.138. The molecule has 0 aliphatic carbocycles. The smallest absolute Gasteiger partial charge is 0.229 e. The third-order valence-corrected chi connectivity index (χ3v) is 4.19. The molecule has 1 aromatic rings. The maximum Gasteiger partial charge on any atom is 0.229 e. The first-order valence-corrected chi connectivity index (χ1v) is 7.43. The number of hydrogen-bond acceptors (Lipinski definition) is 5. The van der Waals surface area contributed by atoms with Gasteiger partial charge in [-0.3, -0.25) is 24.4 Å². The van der Waals surface area contributed by atoms with E-state index in [1.54, 1.807) is 6.20 Å². The van der Waals surface area contributed by atoms with E-state index in [0.717, 1.165) is 26.2 Å². The van der Waals surface area contributed by atoms with Gasteiger partial charge in [0, 0.05) is 64.0 Å². The molecular weight excluding hydrogens is 304 g/mol. The summed E-state index contributed by atoms with van der Waals surface area (Å²) in [4.78, 5) is 31.3. The molecule has 2 saturated heterocycles. The highest BCUT2D eigenvalue weighted by Gasteiger charge is 2.30. The molecule has 120 valence electrons. The van der Waals surface area contributed by atoms with Crippen molar-refractivity contribution in [2.75, 3.05) is 32.7 Å². The van der Waals surface area contributed by atoms with Crippen LogP contribution in [-0.2, 0) is 9.59 Å². The van der Waals surface area contributed by atoms with E-state index in [0.29, 0.717) is 19.4 Å². The summed E-state index contributed by atoms with van der Waals surface area (Å²) >= 11 is 0. The Morgan fingerprint density at radius 2 is 2.00 bits per heavy atom. The molecule has 6 nitrogen and oxygen atoms in total. The molecule has 0 aromatic carbocycles. The molecule has 3 rings (SSSR count). The van der Waals surface area contributed by atoms with Crippen LogP contribution in [-0.4, -0.2) is 59.3 Å². The molecule has 0 spiro atoms. The summed E-state index contributed by atoms with van der Waals surface area (Å²) in [5.74, 6) is -0.0684. The fourth-order valence-electron chi connectivity index (χ4n) is 3.02. The Morgan fingerprint density at radius 1 is 1.23 bits per heavy atom. The molecule has 2 fully saturated rings. The molecule has 0 bridgehead atoms. The third kappa shape index (κ3) is 3.63. The Morgan fingerprint density at radius 3 is 2.68 bits per heavy atom. The van der Waals surface area contributed by atoms with Gasteiger partial charge in [0.1, 0.15) is 0 Å². The van der Waals surface area contributed by atoms with Gasteiger partial charge in [-0.2, -0.15) is 0 Å². The van der Waals surface area contributed by atoms with Crippen molar-refractivity contribution in [3.05, 3.63) is 30.1 Å². The van der Waals surface area contributed by atoms with Gasteiger partial charge in [0.2, 0.25) is 11.8 Å². The van der Waals surface area contributed by atoms with Crippen LogP contribution in [0, 0.1) is 0 Å². The number of aromatic nitrogens is 1. The number of piperazine rings is 1. The van der Waals surface area contributed by atoms with E-state index >= 15 is 0 Å². The molecule has 0 radical (unpaired) electrons. The van der Waals surface area contributed by atoms with Gasteiger partial charge in [-0.05, 0) is 11.6 Å². The molecule has 2 aliphatic rings. The van der Waals surface area contributed by atoms with Crippen molar-refractivity contribution < 1.29 is 9.59 Å². The number of rotatable bonds is 4. The van der Waals surface area contributed by atoms with Crippen molar-refractivity contribution in [3.8, 4) is 0 Å². The summed E-state index contributed by atoms with van der Waals surface area (Å²) in [6, 6.07) is 4.26. The zero-order valence-corrected chi connectivity index (χ0v) is 13.2. The van der Waals surface area contributed by atoms with Gasteiger partial charge < -0.3 is 5.32 Å². The van der Waals surface area contributed by atoms with E-state index in [4.69, 9.17) is 0 Å². The number of carbonyl (C=O) groups is 2. The van der Waals surface area contributed by atoms with E-state index in [9.17, 15) is 9.59 Å². The average molecular weight is 325 g/mol. The number of amides is 2. The van der Waals surface area contributed by atoms with Crippen LogP contribution < -0.4 is 5.32 Å². The minimum atomic E-state index is -0.0342. The number of carbonyl (C=O) groups excluding carboxylic acids is 2. The predicted octanol–water partition coefficient (Wildman–Crippen LogP) is 0.599. The first-order valence-electron chi connectivity index (χ1n) is 7.43. The first-order chi connectivity index (χ1) is 10.3. The highest BCUT2D eigenvalue weighted by molar-refractivity contribution is 6.01. The van der Waals surface area contributed by atoms with Crippen LogP contribution in [0.5, 0.6) is 0 Å². The lowest BCUT2D eigenvalue weighted by Crippen LogP contribution is -2.48. The van der Waals surface area contributed by atoms with Crippen LogP contribution in [0.3, 0.4) is 0 Å². The van der Waals surface area contributed by atoms with Crippen LogP contribution in [0.2, 0.25) is 0 Å². The SMILES string of the molecule is Cl.O=C1CCC(=O)N1CCN1CCNCC1c1cccnc1. The number of halogens is 1. The van der Waals surface area contributed by atoms with Gasteiger partial charge in [0.25, 0.3) is 0 Å². The molecule has 7 heteroatoms. The molecule has 1 unspecified atom stereocenters. The van der Waals surface area contributed by atoms with Gasteiger partial charge in [-0.15, -0.1) is 12.4 Å². The molecule has 1 N–H and O–H groups in total. The Balaban J connectivity index is 0.00000176. The summed E-state index contributed by atoms with van der Waals surface area (Å²) in [7, 11) is 0. The monoisotopic (exact) mass is 324 g/mol. The fraction of sp³-hybridized carbons (Fsp3) is 0.533. The van der Waals surface area contributed by atoms with Crippen LogP contribution in [0.1, 0.15) is 24.4 Å². The molecule has 22 heavy (non-hydrogen) atoms. The number of imide groups is 1. The first kappa shape index (κ1) is 16.9. The Hall–Kier alpha value is -1.50. The molecule has 2 aliphatic heterocycles. The van der Waals surface area contributed by atoms with E-state index in [-0.39, 0.29) is 30.3 Å². The summed E-state index contributed by atoms with van der Waals surface area (Å²) < 4.78 is 0. The molecule has 3 heterocycles. The van der Waals surface area contributed by atoms with Crippen LogP contribution in [0.25, 0.3) is 0 Å². The quantitative estimate of drug-likeness (QED) is 0.822. The number of pyridine rings is 1. The van der Waals surface area contributed by atoms with Crippen LogP contribution in [0.15, 0.2) is 24.5 Å². The topological polar surface area (TPSA) is 65.5 Å². The molecule has 1 atom stereocenters. The van der Waals surface area contributed by atoms with E-state index in [1.165, 1.54) is 10.5 Å². The van der Waals surface area contributed by atoms with Gasteiger partial charge in [0.05, 0.1) is 0 Å². The van der Waals surface area contributed by atoms with E-state index in [1.807, 2.05) is 12.3 Å². The van der Waals surface area contributed by atoms with Crippen molar-refractivity contribution in [1.29, 1.82) is 0 Å². The lowest BCUT2D eigenvalue weighted by Gasteiger charge is -2.37. The third-order valence-electron chi connectivity index (χ3n) is 4.19. The fourth-order valence-corrected chi connectivity index (χ4v) is 3.02. The molecule has 2 amide bonds. The van der Waals surface area contributed by atoms with Crippen molar-refractivity contribution >= 4 is 24.2 Å². The second kappa shape index (κ2) is 7.67. The summed E-state index contributed by atoms with van der Waals surface area (Å²) in [5.41, 5.74) is 1.17. The second-order valence-electron chi connectivity index (χ2n) is 5.48. The Labute approximate surface area is 136 Å². The summed E-state index contributed by atoms with van der Waals surface area (Å²) in [6.45, 7) is 3.93. The number of likely N-dealkylation sites (tertiary alicyclic amines) is 1. The van der Waals surface area contributed by atoms with Gasteiger partial charge in [-0.25, -0.2) is 0 Å². The van der Waals surface area contributed by atoms with E-state index < -0.39 is 0 Å². The highest BCUT2D eigenvalue weighted by Crippen LogP contribution is 2.21. The van der Waals surface area contributed by atoms with E-state index in [2.05, 4.69) is 21.3 Å². The van der Waals surface area contributed by atoms with Crippen molar-refractivity contribution in [1.82, 2.24) is 20.1 Å². The number of nitrogens with zero attached hydrogens (tertiary/aromatic N) is 3. The summed E-state index contributed by atoms with van der Waals surface area (Å²) in [6.07, 6.45) is 4.39. The van der Waals surface area contributed by atoms with Gasteiger partial charge >= 0.3 is 0 Å². The zero-order valence-electron chi connectivity index (χ0n) is 12.4. The largest absolute Gasteiger partial charge is 0.314 e. The highest BCUT2D eigenvalue weighted by atomic mass is 35.5. The second-order valence-corrected chi connectivity index (χ2v) is 5.48. The molecule has 1 aromatic heterocycles. The van der Waals surface area contributed by atoms with Crippen LogP contribution in [0.4, 0.5) is 0 Å². The molecule has 0 saturated carbocycles. The maximum atomic E-state index is 11.7. The van der Waals surface area contributed by atoms with Crippen LogP contribution >= 0.6 is 12.4 Å². The average Bonchev–Trinajstić information content (AvgIpc) is 2.85. The zero-order chi connectivity index (χ0) is 14.7. The number of hydrogen-bond donors (Lipinski definition) is 1. The normalized spacial score (nSPS) is 22.7. The standard InChI is InChI=1S/C15H20N4O2.ClH/c20-14-3-4-15(21)19(14)9-8-18-7-6-17-11-13(18)12-2-1-5-16-10-12;/h1-2,5,10,13,17H,3-4,6-9,11H2;1H. The summed E-state index contributed by atoms with van der Waals surface area (Å²) in [5, 5.41) is 3.39.